The van der Waals surface area contributed by atoms with E-state index in [0.717, 1.165) is 0 Å². The predicted octanol–water partition coefficient (Wildman–Crippen LogP) is -0.902. The maximum absolute atomic E-state index is 9.78. The van der Waals surface area contributed by atoms with Crippen molar-refractivity contribution >= 4 is 12.0 Å². The van der Waals surface area contributed by atoms with Crippen molar-refractivity contribution in [3.63, 3.8) is 0 Å². The molecule has 0 saturated heterocycles. The topological polar surface area (TPSA) is 139 Å². The Labute approximate surface area is 74.4 Å². The Morgan fingerprint density at radius 2 is 2.00 bits per heavy atom. The quantitative estimate of drug-likeness (QED) is 0.392. The van der Waals surface area contributed by atoms with Gasteiger partial charge >= 0.3 is 12.0 Å². The zero-order valence-electron chi connectivity index (χ0n) is 7.14. The molecule has 8 heteroatoms. The minimum Gasteiger partial charge on any atom is -0.481 e. The normalized spacial score (nSPS) is 7.85. The first-order chi connectivity index (χ1) is 5.95. The first-order valence-electron chi connectivity index (χ1n) is 3.24. The number of aliphatic carboxylic acids is 1. The molecule has 0 fully saturated rings. The molecule has 76 valence electrons. The SMILES string of the molecule is CN(N=O)C(N)=O.NCCC(=O)O. The lowest BCUT2D eigenvalue weighted by Crippen LogP contribution is -2.26. The van der Waals surface area contributed by atoms with Gasteiger partial charge in [-0.3, -0.25) is 4.79 Å². The van der Waals surface area contributed by atoms with Crippen molar-refractivity contribution in [3.05, 3.63) is 4.91 Å². The molecule has 0 aliphatic carbocycles. The molecule has 8 nitrogen and oxygen atoms in total. The Morgan fingerprint density at radius 1 is 1.54 bits per heavy atom. The summed E-state index contributed by atoms with van der Waals surface area (Å²) in [6.07, 6.45) is 0.0694. The lowest BCUT2D eigenvalue weighted by atomic mass is 10.5. The first kappa shape index (κ1) is 13.9. The fourth-order valence-corrected chi connectivity index (χ4v) is 0.164. The van der Waals surface area contributed by atoms with Gasteiger partial charge in [0.1, 0.15) is 0 Å². The van der Waals surface area contributed by atoms with Crippen LogP contribution < -0.4 is 11.5 Å². The van der Waals surface area contributed by atoms with Crippen molar-refractivity contribution in [2.24, 2.45) is 16.8 Å². The number of amides is 2. The van der Waals surface area contributed by atoms with E-state index >= 15 is 0 Å². The molecule has 0 unspecified atom stereocenters. The summed E-state index contributed by atoms with van der Waals surface area (Å²) in [6.45, 7) is 0.231. The van der Waals surface area contributed by atoms with Gasteiger partial charge < -0.3 is 16.6 Å². The number of hydrogen-bond donors (Lipinski definition) is 3. The van der Waals surface area contributed by atoms with E-state index in [-0.39, 0.29) is 13.0 Å². The molecule has 0 radical (unpaired) electrons. The molecule has 0 spiro atoms. The molecule has 0 aromatic carbocycles. The summed E-state index contributed by atoms with van der Waals surface area (Å²) < 4.78 is 0. The molecule has 0 aromatic heterocycles. The number of hydrogen-bond acceptors (Lipinski definition) is 5. The summed E-state index contributed by atoms with van der Waals surface area (Å²) in [5.74, 6) is -0.836. The Morgan fingerprint density at radius 3 is 2.00 bits per heavy atom. The summed E-state index contributed by atoms with van der Waals surface area (Å²) in [5, 5.41) is 10.5. The van der Waals surface area contributed by atoms with Gasteiger partial charge in [0.2, 0.25) is 0 Å². The lowest BCUT2D eigenvalue weighted by Gasteiger charge is -1.97. The van der Waals surface area contributed by atoms with Crippen LogP contribution in [0.3, 0.4) is 0 Å². The number of nitrogens with two attached hydrogens (primary N) is 2. The third kappa shape index (κ3) is 13.3. The zero-order valence-corrected chi connectivity index (χ0v) is 7.14. The van der Waals surface area contributed by atoms with Crippen LogP contribution in [-0.2, 0) is 4.79 Å². The minimum atomic E-state index is -0.852. The first-order valence-corrected chi connectivity index (χ1v) is 3.24. The predicted molar refractivity (Wildman–Crippen MR) is 44.4 cm³/mol. The van der Waals surface area contributed by atoms with Gasteiger partial charge in [0.15, 0.2) is 0 Å². The van der Waals surface area contributed by atoms with Crippen molar-refractivity contribution in [3.8, 4) is 0 Å². The molecule has 13 heavy (non-hydrogen) atoms. The summed E-state index contributed by atoms with van der Waals surface area (Å²) in [7, 11) is 1.18. The molecule has 0 heterocycles. The molecular formula is C5H12N4O4. The monoisotopic (exact) mass is 192 g/mol. The van der Waals surface area contributed by atoms with Crippen LogP contribution in [0.4, 0.5) is 4.79 Å². The van der Waals surface area contributed by atoms with Gasteiger partial charge in [-0.2, -0.15) is 5.01 Å². The van der Waals surface area contributed by atoms with Crippen LogP contribution in [0.5, 0.6) is 0 Å². The molecule has 0 aliphatic rings. The number of urea groups is 1. The summed E-state index contributed by atoms with van der Waals surface area (Å²) in [6, 6.07) is -0.852. The van der Waals surface area contributed by atoms with Crippen LogP contribution in [0.15, 0.2) is 5.29 Å². The summed E-state index contributed by atoms with van der Waals surface area (Å²) >= 11 is 0. The second kappa shape index (κ2) is 8.40. The largest absolute Gasteiger partial charge is 0.481 e. The van der Waals surface area contributed by atoms with Crippen LogP contribution in [0.1, 0.15) is 6.42 Å². The smallest absolute Gasteiger partial charge is 0.337 e. The maximum Gasteiger partial charge on any atom is 0.337 e. The Hall–Kier alpha value is -1.70. The molecule has 0 bridgehead atoms. The highest BCUT2D eigenvalue weighted by Gasteiger charge is 1.97. The van der Waals surface area contributed by atoms with Crippen LogP contribution in [-0.4, -0.2) is 35.7 Å². The second-order valence-electron chi connectivity index (χ2n) is 1.88. The minimum absolute atomic E-state index is 0.0694. The van der Waals surface area contributed by atoms with Gasteiger partial charge in [0.05, 0.1) is 11.7 Å². The van der Waals surface area contributed by atoms with Crippen molar-refractivity contribution < 1.29 is 14.7 Å². The standard InChI is InChI=1S/C3H7NO2.C2H5N3O2/c4-2-1-3(5)6;1-5(4-7)2(3)6/h1-2,4H2,(H,5,6);1H3,(H2,3,6). The molecule has 0 aromatic rings. The number of rotatable bonds is 3. The number of nitrogens with zero attached hydrogens (tertiary/aromatic N) is 2. The van der Waals surface area contributed by atoms with Crippen molar-refractivity contribution in [1.29, 1.82) is 0 Å². The van der Waals surface area contributed by atoms with Gasteiger partial charge in [-0.05, 0) is 0 Å². The lowest BCUT2D eigenvalue weighted by molar-refractivity contribution is -0.136. The summed E-state index contributed by atoms with van der Waals surface area (Å²) in [4.78, 5) is 28.6. The van der Waals surface area contributed by atoms with E-state index in [1.165, 1.54) is 7.05 Å². The molecular weight excluding hydrogens is 180 g/mol. The number of carbonyl (C=O) groups is 2. The third-order valence-electron chi connectivity index (χ3n) is 0.800. The van der Waals surface area contributed by atoms with E-state index in [9.17, 15) is 14.5 Å². The third-order valence-corrected chi connectivity index (χ3v) is 0.800. The second-order valence-corrected chi connectivity index (χ2v) is 1.88. The average molecular weight is 192 g/mol. The van der Waals surface area contributed by atoms with Crippen LogP contribution in [0.2, 0.25) is 0 Å². The number of nitroso groups, excluding NO2 is 1. The van der Waals surface area contributed by atoms with E-state index in [1.807, 2.05) is 0 Å². The van der Waals surface area contributed by atoms with Gasteiger partial charge in [0.25, 0.3) is 0 Å². The fourth-order valence-electron chi connectivity index (χ4n) is 0.164. The van der Waals surface area contributed by atoms with Gasteiger partial charge in [-0.1, -0.05) is 0 Å². The van der Waals surface area contributed by atoms with E-state index < -0.39 is 12.0 Å². The number of carboxylic acids is 1. The molecule has 0 atom stereocenters. The summed E-state index contributed by atoms with van der Waals surface area (Å²) in [5.41, 5.74) is 9.39. The van der Waals surface area contributed by atoms with Crippen LogP contribution >= 0.6 is 0 Å². The highest BCUT2D eigenvalue weighted by molar-refractivity contribution is 5.71. The van der Waals surface area contributed by atoms with Gasteiger partial charge in [-0.15, -0.1) is 4.91 Å². The van der Waals surface area contributed by atoms with E-state index in [1.54, 1.807) is 0 Å². The van der Waals surface area contributed by atoms with Crippen LogP contribution in [0.25, 0.3) is 0 Å². The Bertz CT molecular complexity index is 183. The van der Waals surface area contributed by atoms with Gasteiger partial charge in [-0.25, -0.2) is 4.79 Å². The van der Waals surface area contributed by atoms with E-state index in [4.69, 9.17) is 10.8 Å². The number of primary amides is 1. The van der Waals surface area contributed by atoms with Crippen LogP contribution in [0, 0.1) is 4.91 Å². The molecule has 5 N–H and O–H groups in total. The van der Waals surface area contributed by atoms with Crippen molar-refractivity contribution in [2.75, 3.05) is 13.6 Å². The van der Waals surface area contributed by atoms with Crippen molar-refractivity contribution in [1.82, 2.24) is 5.01 Å². The highest BCUT2D eigenvalue weighted by atomic mass is 16.4. The highest BCUT2D eigenvalue weighted by Crippen LogP contribution is 1.76. The van der Waals surface area contributed by atoms with E-state index in [2.05, 4.69) is 11.0 Å². The molecule has 0 rings (SSSR count). The molecule has 2 amide bonds. The Balaban J connectivity index is 0. The van der Waals surface area contributed by atoms with E-state index in [0.29, 0.717) is 5.01 Å². The molecule has 0 aliphatic heterocycles. The van der Waals surface area contributed by atoms with Crippen molar-refractivity contribution in [2.45, 2.75) is 6.42 Å². The number of carboxylic acid groups (broad SMARTS) is 1. The van der Waals surface area contributed by atoms with Gasteiger partial charge in [0, 0.05) is 13.6 Å². The Kier molecular flexibility index (Phi) is 8.95. The zero-order chi connectivity index (χ0) is 10.9. The maximum atomic E-state index is 9.78. The molecule has 0 saturated carbocycles. The number of carbonyl (C=O) groups excluding carboxylic acids is 1. The average Bonchev–Trinajstić information content (AvgIpc) is 2.03. The fraction of sp³-hybridized carbons (Fsp3) is 0.600.